The van der Waals surface area contributed by atoms with Gasteiger partial charge in [0.2, 0.25) is 5.96 Å². The lowest BCUT2D eigenvalue weighted by Crippen LogP contribution is -2.50. The summed E-state index contributed by atoms with van der Waals surface area (Å²) in [5, 5.41) is 20.6. The molecule has 186 valence electrons. The first-order chi connectivity index (χ1) is 15.0. The molecule has 1 amide bonds. The lowest BCUT2D eigenvalue weighted by Gasteiger charge is -2.28. The van der Waals surface area contributed by atoms with Gasteiger partial charge < -0.3 is 40.3 Å². The topological polar surface area (TPSA) is 293 Å². The molecule has 3 aliphatic rings. The fraction of sp³-hybridized carbons (Fsp3) is 0.600. The van der Waals surface area contributed by atoms with Crippen LogP contribution in [0.1, 0.15) is 0 Å². The molecule has 3 heterocycles. The fourth-order valence-corrected chi connectivity index (χ4v) is 6.45. The van der Waals surface area contributed by atoms with Crippen LogP contribution in [-0.2, 0) is 36.4 Å². The van der Waals surface area contributed by atoms with E-state index in [1.165, 1.54) is 0 Å². The van der Waals surface area contributed by atoms with E-state index < -0.39 is 72.5 Å². The number of guanidine groups is 1. The van der Waals surface area contributed by atoms with E-state index in [1.807, 2.05) is 0 Å². The average molecular weight is 602 g/mol. The number of amidine groups is 2. The van der Waals surface area contributed by atoms with Crippen molar-refractivity contribution in [3.8, 4) is 0 Å². The van der Waals surface area contributed by atoms with Crippen LogP contribution in [0, 0.1) is 0 Å². The number of amides is 1. The first kappa shape index (κ1) is 26.7. The molecular weight excluding hydrogens is 587 g/mol. The molecule has 0 bridgehead atoms. The van der Waals surface area contributed by atoms with Gasteiger partial charge in [-0.3, -0.25) is 14.2 Å². The highest BCUT2D eigenvalue weighted by atomic mass is 79.9. The lowest BCUT2D eigenvalue weighted by molar-refractivity contribution is -0.117. The van der Waals surface area contributed by atoms with Crippen molar-refractivity contribution < 1.29 is 66.2 Å². The second kappa shape index (κ2) is 9.25. The Morgan fingerprint density at radius 1 is 1.06 bits per heavy atom. The Labute approximate surface area is 191 Å². The zero-order chi connectivity index (χ0) is 24.9. The summed E-state index contributed by atoms with van der Waals surface area (Å²) in [6, 6.07) is -1.20. The Hall–Kier alpha value is -0.950. The number of hydrogen-bond donors (Lipinski definition) is 7. The lowest BCUT2D eigenvalue weighted by atomic mass is 10.1. The van der Waals surface area contributed by atoms with Crippen molar-refractivity contribution >= 4 is 61.8 Å². The van der Waals surface area contributed by atoms with E-state index in [0.717, 1.165) is 4.90 Å². The van der Waals surface area contributed by atoms with Gasteiger partial charge in [-0.2, -0.15) is 18.6 Å². The number of ether oxygens (including phenoxy) is 1. The van der Waals surface area contributed by atoms with Crippen molar-refractivity contribution in [2.24, 2.45) is 20.7 Å². The van der Waals surface area contributed by atoms with Crippen molar-refractivity contribution in [2.75, 3.05) is 6.61 Å². The van der Waals surface area contributed by atoms with E-state index in [2.05, 4.69) is 44.1 Å². The summed E-state index contributed by atoms with van der Waals surface area (Å²) in [6.07, 6.45) is -6.51. The number of fused-ring (bicyclic) bond motifs is 1. The minimum atomic E-state index is -5.74. The average Bonchev–Trinajstić information content (AvgIpc) is 3.07. The molecule has 7 atom stereocenters. The van der Waals surface area contributed by atoms with E-state index in [1.54, 1.807) is 0 Å². The zero-order valence-corrected chi connectivity index (χ0v) is 19.9. The summed E-state index contributed by atoms with van der Waals surface area (Å²) in [4.78, 5) is 60.0. The van der Waals surface area contributed by atoms with Gasteiger partial charge in [0, 0.05) is 0 Å². The third kappa shape index (κ3) is 6.19. The molecule has 8 N–H and O–H groups in total. The quantitative estimate of drug-likeness (QED) is 0.111. The van der Waals surface area contributed by atoms with Crippen LogP contribution in [0.4, 0.5) is 0 Å². The molecule has 33 heavy (non-hydrogen) atoms. The molecular formula is C10H15BrN5O14P3. The highest BCUT2D eigenvalue weighted by Gasteiger charge is 2.52. The summed E-state index contributed by atoms with van der Waals surface area (Å²) in [7, 11) is -16.8. The van der Waals surface area contributed by atoms with Gasteiger partial charge in [-0.05, 0) is 15.9 Å². The number of carbonyl (C=O) groups excluding carboxylic acids is 1. The highest BCUT2D eigenvalue weighted by molar-refractivity contribution is 9.18. The Morgan fingerprint density at radius 3 is 2.30 bits per heavy atom. The van der Waals surface area contributed by atoms with Gasteiger partial charge in [0.05, 0.1) is 6.61 Å². The Balaban J connectivity index is 1.69. The van der Waals surface area contributed by atoms with Crippen molar-refractivity contribution in [3.05, 3.63) is 0 Å². The van der Waals surface area contributed by atoms with Gasteiger partial charge in [0.25, 0.3) is 5.91 Å². The second-order valence-corrected chi connectivity index (χ2v) is 11.5. The second-order valence-electron chi connectivity index (χ2n) is 6.38. The van der Waals surface area contributed by atoms with Gasteiger partial charge >= 0.3 is 23.5 Å². The molecule has 0 spiro atoms. The van der Waals surface area contributed by atoms with Gasteiger partial charge in [-0.15, -0.1) is 0 Å². The number of aliphatic hydroxyl groups excluding tert-OH is 2. The number of hydrogen-bond acceptors (Lipinski definition) is 14. The minimum absolute atomic E-state index is 0.0470. The van der Waals surface area contributed by atoms with E-state index in [9.17, 15) is 33.6 Å². The third-order valence-electron chi connectivity index (χ3n) is 4.02. The standard InChI is InChI=1S/C10H15BrN5O14P3/c11-9-13-3-6(14-10(12)15-7(3)19)16(9)8-5(18)4(17)2(28-8)1-27-32(23,24)30-33(25,26)29-31(20,21)22/h2-5,8,17-18H,1H2,(H,23,24)(H,25,26)(H2,12,15,19)(H2,20,21,22)/t2-,3?,4-,5-,8-/m1/s1. The molecule has 19 nitrogen and oxygen atoms in total. The van der Waals surface area contributed by atoms with Crippen LogP contribution in [0.3, 0.4) is 0 Å². The number of rotatable bonds is 8. The molecule has 1 fully saturated rings. The zero-order valence-electron chi connectivity index (χ0n) is 15.6. The smallest absolute Gasteiger partial charge is 0.387 e. The fourth-order valence-electron chi connectivity index (χ4n) is 2.84. The molecule has 0 aromatic rings. The molecule has 0 radical (unpaired) electrons. The van der Waals surface area contributed by atoms with Crippen LogP contribution in [0.25, 0.3) is 0 Å². The maximum absolute atomic E-state index is 12.0. The van der Waals surface area contributed by atoms with E-state index in [0.29, 0.717) is 0 Å². The molecule has 3 rings (SSSR count). The number of nitrogens with zero attached hydrogens (tertiary/aromatic N) is 4. The van der Waals surface area contributed by atoms with Gasteiger partial charge in [-0.25, -0.2) is 18.7 Å². The SMILES string of the molecule is NC1=NC(=O)C2N=C(Br)N([C@@H]3O[C@H](COP(=O)(O)OP(=O)(O)OP(=O)(O)O)[C@@H](O)[C@H]3O)C2=N1. The maximum atomic E-state index is 12.0. The Morgan fingerprint density at radius 2 is 1.70 bits per heavy atom. The predicted molar refractivity (Wildman–Crippen MR) is 107 cm³/mol. The monoisotopic (exact) mass is 601 g/mol. The van der Waals surface area contributed by atoms with Crippen LogP contribution in [0.5, 0.6) is 0 Å². The summed E-state index contributed by atoms with van der Waals surface area (Å²) in [6.45, 7) is -1.03. The van der Waals surface area contributed by atoms with E-state index >= 15 is 0 Å². The molecule has 0 aromatic heterocycles. The molecule has 0 aliphatic carbocycles. The highest BCUT2D eigenvalue weighted by Crippen LogP contribution is 2.66. The number of phosphoric acid groups is 3. The maximum Gasteiger partial charge on any atom is 0.490 e. The van der Waals surface area contributed by atoms with Gasteiger partial charge in [0.1, 0.15) is 18.3 Å². The van der Waals surface area contributed by atoms with Crippen molar-refractivity contribution in [2.45, 2.75) is 30.6 Å². The molecule has 0 aromatic carbocycles. The summed E-state index contributed by atoms with van der Waals surface area (Å²) >= 11 is 3.05. The van der Waals surface area contributed by atoms with Crippen LogP contribution < -0.4 is 5.73 Å². The number of nitrogens with two attached hydrogens (primary N) is 1. The Bertz CT molecular complexity index is 1080. The van der Waals surface area contributed by atoms with E-state index in [4.69, 9.17) is 25.2 Å². The largest absolute Gasteiger partial charge is 0.490 e. The Kier molecular flexibility index (Phi) is 7.47. The number of halogens is 1. The van der Waals surface area contributed by atoms with E-state index in [-0.39, 0.29) is 10.6 Å². The van der Waals surface area contributed by atoms with Crippen molar-refractivity contribution in [1.82, 2.24) is 4.90 Å². The minimum Gasteiger partial charge on any atom is -0.387 e. The van der Waals surface area contributed by atoms with Crippen LogP contribution in [0.15, 0.2) is 15.0 Å². The summed E-state index contributed by atoms with van der Waals surface area (Å²) in [5.41, 5.74) is 5.46. The molecule has 3 aliphatic heterocycles. The predicted octanol–water partition coefficient (Wildman–Crippen LogP) is -2.54. The number of carbonyl (C=O) groups is 1. The van der Waals surface area contributed by atoms with Gasteiger partial charge in [-0.1, -0.05) is 0 Å². The van der Waals surface area contributed by atoms with Crippen LogP contribution >= 0.6 is 39.4 Å². The van der Waals surface area contributed by atoms with Crippen molar-refractivity contribution in [1.29, 1.82) is 0 Å². The molecule has 23 heteroatoms. The summed E-state index contributed by atoms with van der Waals surface area (Å²) < 4.78 is 50.7. The number of aliphatic hydroxyl groups is 2. The first-order valence-electron chi connectivity index (χ1n) is 8.29. The first-order valence-corrected chi connectivity index (χ1v) is 13.6. The normalized spacial score (nSPS) is 33.7. The summed E-state index contributed by atoms with van der Waals surface area (Å²) in [5.74, 6) is -1.25. The van der Waals surface area contributed by atoms with Gasteiger partial charge in [0.15, 0.2) is 22.9 Å². The molecule has 1 saturated heterocycles. The number of aliphatic imine (C=N–C) groups is 3. The van der Waals surface area contributed by atoms with Crippen LogP contribution in [0.2, 0.25) is 0 Å². The third-order valence-corrected chi connectivity index (χ3v) is 8.41. The van der Waals surface area contributed by atoms with Crippen molar-refractivity contribution in [3.63, 3.8) is 0 Å². The molecule has 0 saturated carbocycles. The van der Waals surface area contributed by atoms with Crippen LogP contribution in [-0.4, -0.2) is 94.3 Å². The molecule has 3 unspecified atom stereocenters. The number of phosphoric ester groups is 1.